The minimum Gasteiger partial charge on any atom is -0.348 e. The fraction of sp³-hybridized carbons (Fsp3) is 0.818. The molecule has 0 aliphatic carbocycles. The summed E-state index contributed by atoms with van der Waals surface area (Å²) in [5.41, 5.74) is 0. The number of hydrogen-bond donors (Lipinski definition) is 0. The first-order valence-corrected chi connectivity index (χ1v) is 5.11. The van der Waals surface area contributed by atoms with Gasteiger partial charge in [-0.25, -0.2) is 0 Å². The zero-order chi connectivity index (χ0) is 9.73. The van der Waals surface area contributed by atoms with Crippen molar-refractivity contribution < 1.29 is 9.47 Å². The predicted octanol–water partition coefficient (Wildman–Crippen LogP) is 2.88. The second-order valence-electron chi connectivity index (χ2n) is 3.91. The first-order chi connectivity index (χ1) is 6.14. The Bertz CT molecular complexity index is 173. The molecule has 0 amide bonds. The third-order valence-corrected chi connectivity index (χ3v) is 2.12. The van der Waals surface area contributed by atoms with Gasteiger partial charge in [-0.05, 0) is 33.1 Å². The van der Waals surface area contributed by atoms with Crippen LogP contribution >= 0.6 is 0 Å². The topological polar surface area (TPSA) is 18.5 Å². The highest BCUT2D eigenvalue weighted by molar-refractivity contribution is 4.82. The molecule has 0 aromatic heterocycles. The summed E-state index contributed by atoms with van der Waals surface area (Å²) < 4.78 is 11.1. The molecule has 2 nitrogen and oxygen atoms in total. The zero-order valence-corrected chi connectivity index (χ0v) is 8.88. The smallest absolute Gasteiger partial charge is 0.163 e. The molecule has 0 radical (unpaired) electrons. The minimum absolute atomic E-state index is 0.288. The quantitative estimate of drug-likeness (QED) is 0.625. The molecule has 13 heavy (non-hydrogen) atoms. The van der Waals surface area contributed by atoms with Crippen LogP contribution in [-0.2, 0) is 9.47 Å². The number of ether oxygens (including phenoxy) is 2. The molecule has 76 valence electrons. The molecule has 1 fully saturated rings. The van der Waals surface area contributed by atoms with E-state index in [0.29, 0.717) is 0 Å². The van der Waals surface area contributed by atoms with E-state index in [1.165, 1.54) is 0 Å². The van der Waals surface area contributed by atoms with Gasteiger partial charge in [0.15, 0.2) is 5.79 Å². The summed E-state index contributed by atoms with van der Waals surface area (Å²) in [6.45, 7) is 6.82. The van der Waals surface area contributed by atoms with Gasteiger partial charge in [0.1, 0.15) is 0 Å². The van der Waals surface area contributed by atoms with Gasteiger partial charge in [-0.2, -0.15) is 0 Å². The summed E-state index contributed by atoms with van der Waals surface area (Å²) in [6.07, 6.45) is 7.98. The molecule has 1 rings (SSSR count). The second kappa shape index (κ2) is 4.77. The van der Waals surface area contributed by atoms with Crippen LogP contribution in [0.15, 0.2) is 12.2 Å². The molecule has 0 aromatic rings. The fourth-order valence-electron chi connectivity index (χ4n) is 1.47. The molecule has 0 aromatic carbocycles. The maximum absolute atomic E-state index is 5.67. The van der Waals surface area contributed by atoms with Crippen LogP contribution in [-0.4, -0.2) is 18.5 Å². The molecular weight excluding hydrogens is 164 g/mol. The van der Waals surface area contributed by atoms with Gasteiger partial charge in [0.2, 0.25) is 0 Å². The summed E-state index contributed by atoms with van der Waals surface area (Å²) in [4.78, 5) is 0. The summed E-state index contributed by atoms with van der Waals surface area (Å²) in [5, 5.41) is 0. The van der Waals surface area contributed by atoms with Crippen LogP contribution in [0.2, 0.25) is 0 Å². The predicted molar refractivity (Wildman–Crippen MR) is 53.6 cm³/mol. The Morgan fingerprint density at radius 1 is 1.38 bits per heavy atom. The molecule has 1 aliphatic heterocycles. The van der Waals surface area contributed by atoms with Crippen molar-refractivity contribution in [1.29, 1.82) is 0 Å². The largest absolute Gasteiger partial charge is 0.348 e. The number of rotatable bonds is 4. The van der Waals surface area contributed by atoms with Gasteiger partial charge in [0, 0.05) is 0 Å². The van der Waals surface area contributed by atoms with E-state index in [9.17, 15) is 0 Å². The Morgan fingerprint density at radius 3 is 2.69 bits per heavy atom. The average molecular weight is 184 g/mol. The molecule has 0 saturated carbocycles. The minimum atomic E-state index is -0.362. The van der Waals surface area contributed by atoms with E-state index in [1.807, 2.05) is 13.8 Å². The van der Waals surface area contributed by atoms with Crippen molar-refractivity contribution in [3.05, 3.63) is 12.2 Å². The van der Waals surface area contributed by atoms with E-state index < -0.39 is 0 Å². The van der Waals surface area contributed by atoms with Gasteiger partial charge in [-0.1, -0.05) is 19.1 Å². The molecule has 2 heteroatoms. The van der Waals surface area contributed by atoms with Crippen LogP contribution < -0.4 is 0 Å². The first-order valence-electron chi connectivity index (χ1n) is 5.11. The van der Waals surface area contributed by atoms with E-state index in [-0.39, 0.29) is 11.9 Å². The molecule has 0 spiro atoms. The van der Waals surface area contributed by atoms with Crippen LogP contribution in [0.1, 0.15) is 40.0 Å². The van der Waals surface area contributed by atoms with E-state index in [0.717, 1.165) is 25.9 Å². The van der Waals surface area contributed by atoms with E-state index in [2.05, 4.69) is 19.1 Å². The van der Waals surface area contributed by atoms with E-state index >= 15 is 0 Å². The normalized spacial score (nSPS) is 27.2. The van der Waals surface area contributed by atoms with Gasteiger partial charge >= 0.3 is 0 Å². The molecule has 0 bridgehead atoms. The fourth-order valence-corrected chi connectivity index (χ4v) is 1.47. The van der Waals surface area contributed by atoms with Crippen molar-refractivity contribution in [3.8, 4) is 0 Å². The lowest BCUT2D eigenvalue weighted by atomic mass is 10.2. The van der Waals surface area contributed by atoms with Crippen LogP contribution in [0, 0.1) is 0 Å². The van der Waals surface area contributed by atoms with Crippen LogP contribution in [0.3, 0.4) is 0 Å². The molecule has 1 aliphatic rings. The van der Waals surface area contributed by atoms with Crippen molar-refractivity contribution in [2.75, 3.05) is 6.61 Å². The molecule has 0 N–H and O–H groups in total. The average Bonchev–Trinajstić information content (AvgIpc) is 2.40. The van der Waals surface area contributed by atoms with Gasteiger partial charge in [-0.3, -0.25) is 0 Å². The maximum Gasteiger partial charge on any atom is 0.163 e. The van der Waals surface area contributed by atoms with Crippen molar-refractivity contribution in [2.24, 2.45) is 0 Å². The zero-order valence-electron chi connectivity index (χ0n) is 8.88. The maximum atomic E-state index is 5.67. The van der Waals surface area contributed by atoms with Gasteiger partial charge in [0.05, 0.1) is 12.7 Å². The molecular formula is C11H20O2. The third-order valence-electron chi connectivity index (χ3n) is 2.12. The summed E-state index contributed by atoms with van der Waals surface area (Å²) >= 11 is 0. The molecule has 0 unspecified atom stereocenters. The van der Waals surface area contributed by atoms with Crippen molar-refractivity contribution in [2.45, 2.75) is 51.9 Å². The lowest BCUT2D eigenvalue weighted by Gasteiger charge is -2.16. The molecule has 1 atom stereocenters. The standard InChI is InChI=1S/C11H20O2/c1-4-5-6-7-8-10-9-12-11(2,3)13-10/h5-6,10H,4,7-9H2,1-3H3/b6-5-/t10-/m1/s1. The van der Waals surface area contributed by atoms with Crippen molar-refractivity contribution in [1.82, 2.24) is 0 Å². The van der Waals surface area contributed by atoms with Gasteiger partial charge < -0.3 is 9.47 Å². The lowest BCUT2D eigenvalue weighted by Crippen LogP contribution is -2.21. The van der Waals surface area contributed by atoms with Crippen LogP contribution in [0.4, 0.5) is 0 Å². The van der Waals surface area contributed by atoms with E-state index in [4.69, 9.17) is 9.47 Å². The Labute approximate surface area is 80.9 Å². The monoisotopic (exact) mass is 184 g/mol. The lowest BCUT2D eigenvalue weighted by molar-refractivity contribution is -0.138. The summed E-state index contributed by atoms with van der Waals surface area (Å²) in [7, 11) is 0. The highest BCUT2D eigenvalue weighted by atomic mass is 16.7. The highest BCUT2D eigenvalue weighted by Gasteiger charge is 2.31. The molecule has 1 heterocycles. The highest BCUT2D eigenvalue weighted by Crippen LogP contribution is 2.24. The Morgan fingerprint density at radius 2 is 2.15 bits per heavy atom. The first kappa shape index (κ1) is 10.7. The van der Waals surface area contributed by atoms with Gasteiger partial charge in [-0.15, -0.1) is 0 Å². The van der Waals surface area contributed by atoms with Gasteiger partial charge in [0.25, 0.3) is 0 Å². The van der Waals surface area contributed by atoms with Crippen LogP contribution in [0.5, 0.6) is 0 Å². The number of allylic oxidation sites excluding steroid dienone is 2. The summed E-state index contributed by atoms with van der Waals surface area (Å²) in [5.74, 6) is -0.362. The van der Waals surface area contributed by atoms with Crippen molar-refractivity contribution >= 4 is 0 Å². The SMILES string of the molecule is CC/C=C\CC[C@@H]1COC(C)(C)O1. The molecule has 1 saturated heterocycles. The second-order valence-corrected chi connectivity index (χ2v) is 3.91. The number of hydrogen-bond acceptors (Lipinski definition) is 2. The van der Waals surface area contributed by atoms with Crippen molar-refractivity contribution in [3.63, 3.8) is 0 Å². The summed E-state index contributed by atoms with van der Waals surface area (Å²) in [6, 6.07) is 0. The Kier molecular flexibility index (Phi) is 3.94. The Balaban J connectivity index is 2.14. The van der Waals surface area contributed by atoms with E-state index in [1.54, 1.807) is 0 Å². The third kappa shape index (κ3) is 3.92. The van der Waals surface area contributed by atoms with Crippen LogP contribution in [0.25, 0.3) is 0 Å². The Hall–Kier alpha value is -0.340.